The Morgan fingerprint density at radius 1 is 1.04 bits per heavy atom. The van der Waals surface area contributed by atoms with Crippen LogP contribution >= 0.6 is 11.6 Å². The third-order valence-corrected chi connectivity index (χ3v) is 5.27. The molecule has 0 bridgehead atoms. The number of hydrogen-bond acceptors (Lipinski definition) is 2. The maximum Gasteiger partial charge on any atom is 0.252 e. The molecule has 4 heteroatoms. The van der Waals surface area contributed by atoms with Crippen LogP contribution < -0.4 is 5.32 Å². The fraction of sp³-hybridized carbons (Fsp3) is 0.381. The third-order valence-electron chi connectivity index (χ3n) is 4.94. The summed E-state index contributed by atoms with van der Waals surface area (Å²) in [6.45, 7) is 4.07. The van der Waals surface area contributed by atoms with E-state index in [4.69, 9.17) is 11.6 Å². The molecule has 3 nitrogen and oxygen atoms in total. The topological polar surface area (TPSA) is 32.3 Å². The maximum absolute atomic E-state index is 12.2. The van der Waals surface area contributed by atoms with Gasteiger partial charge in [-0.1, -0.05) is 54.1 Å². The summed E-state index contributed by atoms with van der Waals surface area (Å²) in [4.78, 5) is 14.8. The number of piperidine rings is 1. The van der Waals surface area contributed by atoms with Crippen LogP contribution in [0.2, 0.25) is 5.02 Å². The number of hydrogen-bond donors (Lipinski definition) is 1. The van der Waals surface area contributed by atoms with Crippen LogP contribution in [0.25, 0.3) is 0 Å². The van der Waals surface area contributed by atoms with Gasteiger partial charge in [-0.05, 0) is 56.0 Å². The van der Waals surface area contributed by atoms with Crippen molar-refractivity contribution in [2.45, 2.75) is 19.3 Å². The van der Waals surface area contributed by atoms with Crippen molar-refractivity contribution in [2.24, 2.45) is 5.92 Å². The first-order valence-electron chi connectivity index (χ1n) is 9.01. The van der Waals surface area contributed by atoms with Gasteiger partial charge in [0.05, 0.1) is 10.6 Å². The van der Waals surface area contributed by atoms with Crippen molar-refractivity contribution < 1.29 is 4.79 Å². The Morgan fingerprint density at radius 2 is 1.72 bits per heavy atom. The second kappa shape index (κ2) is 9.02. The maximum atomic E-state index is 12.2. The number of likely N-dealkylation sites (tertiary alicyclic amines) is 1. The fourth-order valence-electron chi connectivity index (χ4n) is 3.32. The Balaban J connectivity index is 1.38. The molecular weight excluding hydrogens is 332 g/mol. The molecule has 0 radical (unpaired) electrons. The lowest BCUT2D eigenvalue weighted by atomic mass is 9.96. The number of nitrogens with one attached hydrogen (secondary N) is 1. The van der Waals surface area contributed by atoms with Crippen molar-refractivity contribution in [3.8, 4) is 0 Å². The normalized spacial score (nSPS) is 15.9. The number of halogens is 1. The van der Waals surface area contributed by atoms with E-state index in [2.05, 4.69) is 40.5 Å². The van der Waals surface area contributed by atoms with Crippen LogP contribution in [-0.2, 0) is 6.42 Å². The highest BCUT2D eigenvalue weighted by Gasteiger charge is 2.20. The number of amides is 1. The molecule has 132 valence electrons. The quantitative estimate of drug-likeness (QED) is 0.847. The van der Waals surface area contributed by atoms with Crippen molar-refractivity contribution in [3.63, 3.8) is 0 Å². The molecule has 1 amide bonds. The molecule has 2 aromatic carbocycles. The van der Waals surface area contributed by atoms with Crippen molar-refractivity contribution in [1.82, 2.24) is 10.2 Å². The van der Waals surface area contributed by atoms with E-state index in [-0.39, 0.29) is 5.91 Å². The fourth-order valence-corrected chi connectivity index (χ4v) is 3.55. The molecule has 0 spiro atoms. The highest BCUT2D eigenvalue weighted by atomic mass is 35.5. The minimum atomic E-state index is -0.0721. The van der Waals surface area contributed by atoms with Crippen molar-refractivity contribution in [3.05, 3.63) is 70.7 Å². The van der Waals surface area contributed by atoms with Crippen molar-refractivity contribution in [1.29, 1.82) is 0 Å². The largest absolute Gasteiger partial charge is 0.352 e. The second-order valence-electron chi connectivity index (χ2n) is 6.71. The molecule has 1 heterocycles. The average Bonchev–Trinajstić information content (AvgIpc) is 2.66. The van der Waals surface area contributed by atoms with E-state index in [1.165, 1.54) is 5.56 Å². The van der Waals surface area contributed by atoms with Gasteiger partial charge in [0.25, 0.3) is 5.91 Å². The summed E-state index contributed by atoms with van der Waals surface area (Å²) in [5.74, 6) is 0.483. The molecule has 1 saturated heterocycles. The van der Waals surface area contributed by atoms with E-state index >= 15 is 0 Å². The molecule has 1 fully saturated rings. The smallest absolute Gasteiger partial charge is 0.252 e. The first-order valence-corrected chi connectivity index (χ1v) is 9.39. The van der Waals surface area contributed by atoms with E-state index in [1.54, 1.807) is 12.1 Å². The lowest BCUT2D eigenvalue weighted by Gasteiger charge is -2.32. The van der Waals surface area contributed by atoms with Gasteiger partial charge in [0.15, 0.2) is 0 Å². The zero-order valence-corrected chi connectivity index (χ0v) is 15.2. The first kappa shape index (κ1) is 18.0. The standard InChI is InChI=1S/C21H25ClN2O/c22-20-9-5-4-8-19(20)21(25)23-16-18-11-14-24(15-12-18)13-10-17-6-2-1-3-7-17/h1-9,18H,10-16H2,(H,23,25). The highest BCUT2D eigenvalue weighted by molar-refractivity contribution is 6.33. The van der Waals surface area contributed by atoms with Gasteiger partial charge in [-0.3, -0.25) is 4.79 Å². The minimum absolute atomic E-state index is 0.0721. The third kappa shape index (κ3) is 5.32. The molecule has 0 saturated carbocycles. The van der Waals surface area contributed by atoms with E-state index in [1.807, 2.05) is 12.1 Å². The summed E-state index contributed by atoms with van der Waals surface area (Å²) in [6.07, 6.45) is 3.38. The van der Waals surface area contributed by atoms with Crippen LogP contribution in [0.15, 0.2) is 54.6 Å². The molecule has 1 N–H and O–H groups in total. The SMILES string of the molecule is O=C(NCC1CCN(CCc2ccccc2)CC1)c1ccccc1Cl. The Kier molecular flexibility index (Phi) is 6.48. The summed E-state index contributed by atoms with van der Waals surface area (Å²) in [5.41, 5.74) is 1.96. The van der Waals surface area contributed by atoms with E-state index in [9.17, 15) is 4.79 Å². The molecule has 3 rings (SSSR count). The first-order chi connectivity index (χ1) is 12.2. The van der Waals surface area contributed by atoms with Crippen LogP contribution in [0.1, 0.15) is 28.8 Å². The molecule has 2 aromatic rings. The molecular formula is C21H25ClN2O. The van der Waals surface area contributed by atoms with Crippen LogP contribution in [-0.4, -0.2) is 37.0 Å². The van der Waals surface area contributed by atoms with Gasteiger partial charge in [-0.15, -0.1) is 0 Å². The van der Waals surface area contributed by atoms with Gasteiger partial charge >= 0.3 is 0 Å². The second-order valence-corrected chi connectivity index (χ2v) is 7.12. The molecule has 0 aromatic heterocycles. The Bertz CT molecular complexity index is 681. The van der Waals surface area contributed by atoms with Gasteiger partial charge in [0.2, 0.25) is 0 Å². The number of nitrogens with zero attached hydrogens (tertiary/aromatic N) is 1. The monoisotopic (exact) mass is 356 g/mol. The number of carbonyl (C=O) groups is 1. The molecule has 0 atom stereocenters. The van der Waals surface area contributed by atoms with E-state index in [0.29, 0.717) is 16.5 Å². The Hall–Kier alpha value is -1.84. The van der Waals surface area contributed by atoms with Gasteiger partial charge < -0.3 is 10.2 Å². The highest BCUT2D eigenvalue weighted by Crippen LogP contribution is 2.18. The Morgan fingerprint density at radius 3 is 2.44 bits per heavy atom. The molecule has 0 aliphatic carbocycles. The lowest BCUT2D eigenvalue weighted by molar-refractivity contribution is 0.0936. The van der Waals surface area contributed by atoms with Crippen LogP contribution in [0.5, 0.6) is 0 Å². The molecule has 25 heavy (non-hydrogen) atoms. The van der Waals surface area contributed by atoms with Gasteiger partial charge in [0.1, 0.15) is 0 Å². The van der Waals surface area contributed by atoms with Crippen LogP contribution in [0.3, 0.4) is 0 Å². The summed E-state index contributed by atoms with van der Waals surface area (Å²) in [6, 6.07) is 17.8. The predicted octanol–water partition coefficient (Wildman–Crippen LogP) is 4.02. The zero-order chi connectivity index (χ0) is 17.5. The summed E-state index contributed by atoms with van der Waals surface area (Å²) >= 11 is 6.08. The molecule has 0 unspecified atom stereocenters. The van der Waals surface area contributed by atoms with Crippen molar-refractivity contribution in [2.75, 3.05) is 26.2 Å². The van der Waals surface area contributed by atoms with Gasteiger partial charge in [-0.25, -0.2) is 0 Å². The van der Waals surface area contributed by atoms with Gasteiger partial charge in [-0.2, -0.15) is 0 Å². The van der Waals surface area contributed by atoms with E-state index in [0.717, 1.165) is 45.4 Å². The van der Waals surface area contributed by atoms with E-state index < -0.39 is 0 Å². The lowest BCUT2D eigenvalue weighted by Crippen LogP contribution is -2.39. The number of rotatable bonds is 6. The summed E-state index contributed by atoms with van der Waals surface area (Å²) < 4.78 is 0. The molecule has 1 aliphatic heterocycles. The van der Waals surface area contributed by atoms with Crippen LogP contribution in [0.4, 0.5) is 0 Å². The van der Waals surface area contributed by atoms with Crippen LogP contribution in [0, 0.1) is 5.92 Å². The van der Waals surface area contributed by atoms with Crippen molar-refractivity contribution >= 4 is 17.5 Å². The predicted molar refractivity (Wildman–Crippen MR) is 103 cm³/mol. The minimum Gasteiger partial charge on any atom is -0.352 e. The Labute approximate surface area is 155 Å². The summed E-state index contributed by atoms with van der Waals surface area (Å²) in [7, 11) is 0. The summed E-state index contributed by atoms with van der Waals surface area (Å²) in [5, 5.41) is 3.55. The average molecular weight is 357 g/mol. The molecule has 1 aliphatic rings. The zero-order valence-electron chi connectivity index (χ0n) is 14.5. The number of carbonyl (C=O) groups excluding carboxylic acids is 1. The number of benzene rings is 2. The van der Waals surface area contributed by atoms with Gasteiger partial charge in [0, 0.05) is 13.1 Å².